The fraction of sp³-hybridized carbons (Fsp3) is 0.214. The van der Waals surface area contributed by atoms with Gasteiger partial charge in [0.15, 0.2) is 0 Å². The summed E-state index contributed by atoms with van der Waals surface area (Å²) in [5.74, 6) is -0.229. The van der Waals surface area contributed by atoms with Crippen LogP contribution in [0, 0.1) is 8.99 Å². The van der Waals surface area contributed by atoms with Gasteiger partial charge in [-0.3, -0.25) is 10.1 Å². The minimum Gasteiger partial charge on any atom is -0.508 e. The number of para-hydroxylation sites is 3. The van der Waals surface area contributed by atoms with Crippen molar-refractivity contribution in [3.8, 4) is 5.75 Å². The number of nitrogens with one attached hydrogen (secondary N) is 2. The van der Waals surface area contributed by atoms with Crippen molar-refractivity contribution >= 4 is 51.7 Å². The number of nitrogens with two attached hydrogens (primary N) is 1. The summed E-state index contributed by atoms with van der Waals surface area (Å²) in [6.45, 7) is 3.93. The van der Waals surface area contributed by atoms with Gasteiger partial charge in [-0.2, -0.15) is 0 Å². The number of benzene rings is 3. The number of phenols is 1. The SMILES string of the molecule is CC(C)(CC/C=C/C(=O)Nc1ccccc1N)[C@H](OC(=O)Nc1ccccc1)c1cc(I)ccc1O. The number of anilines is 3. The highest BCUT2D eigenvalue weighted by atomic mass is 127. The maximum atomic E-state index is 12.8. The molecule has 0 saturated heterocycles. The van der Waals surface area contributed by atoms with Crippen LogP contribution in [-0.2, 0) is 9.53 Å². The van der Waals surface area contributed by atoms with Crippen LogP contribution in [0.1, 0.15) is 38.4 Å². The summed E-state index contributed by atoms with van der Waals surface area (Å²) in [5, 5.41) is 16.1. The van der Waals surface area contributed by atoms with E-state index in [1.165, 1.54) is 6.08 Å². The highest BCUT2D eigenvalue weighted by Crippen LogP contribution is 2.44. The Morgan fingerprint density at radius 1 is 1.06 bits per heavy atom. The quantitative estimate of drug-likeness (QED) is 0.122. The van der Waals surface area contributed by atoms with Gasteiger partial charge in [-0.05, 0) is 84.0 Å². The third kappa shape index (κ3) is 7.74. The van der Waals surface area contributed by atoms with Crippen LogP contribution in [0.2, 0.25) is 0 Å². The maximum absolute atomic E-state index is 12.8. The average Bonchev–Trinajstić information content (AvgIpc) is 2.84. The first kappa shape index (κ1) is 27.1. The van der Waals surface area contributed by atoms with Crippen LogP contribution in [-0.4, -0.2) is 17.1 Å². The Hall–Kier alpha value is -3.53. The van der Waals surface area contributed by atoms with Gasteiger partial charge in [-0.1, -0.05) is 50.3 Å². The zero-order valence-electron chi connectivity index (χ0n) is 20.2. The van der Waals surface area contributed by atoms with Crippen molar-refractivity contribution in [3.63, 3.8) is 0 Å². The van der Waals surface area contributed by atoms with E-state index in [9.17, 15) is 14.7 Å². The van der Waals surface area contributed by atoms with Crippen LogP contribution in [0.3, 0.4) is 0 Å². The third-order valence-corrected chi connectivity index (χ3v) is 6.34. The molecule has 0 heterocycles. The van der Waals surface area contributed by atoms with E-state index >= 15 is 0 Å². The molecule has 0 aliphatic rings. The summed E-state index contributed by atoms with van der Waals surface area (Å²) in [5.41, 5.74) is 7.49. The number of phenolic OH excluding ortho intramolecular Hbond substituents is 1. The maximum Gasteiger partial charge on any atom is 0.412 e. The van der Waals surface area contributed by atoms with Crippen molar-refractivity contribution in [2.75, 3.05) is 16.4 Å². The lowest BCUT2D eigenvalue weighted by atomic mass is 9.78. The Morgan fingerprint density at radius 3 is 2.47 bits per heavy atom. The molecule has 0 spiro atoms. The van der Waals surface area contributed by atoms with Crippen molar-refractivity contribution in [2.45, 2.75) is 32.8 Å². The van der Waals surface area contributed by atoms with Crippen molar-refractivity contribution in [3.05, 3.63) is 94.1 Å². The Bertz CT molecular complexity index is 1230. The minimum absolute atomic E-state index is 0.0522. The van der Waals surface area contributed by atoms with Crippen LogP contribution in [0.15, 0.2) is 84.9 Å². The molecular formula is C28H30IN3O4. The van der Waals surface area contributed by atoms with Crippen LogP contribution >= 0.6 is 22.6 Å². The number of allylic oxidation sites excluding steroid dienone is 1. The average molecular weight is 599 g/mol. The van der Waals surface area contributed by atoms with Gasteiger partial charge >= 0.3 is 6.09 Å². The summed E-state index contributed by atoms with van der Waals surface area (Å²) >= 11 is 2.16. The second-order valence-electron chi connectivity index (χ2n) is 8.99. The molecular weight excluding hydrogens is 569 g/mol. The second-order valence-corrected chi connectivity index (χ2v) is 10.2. The summed E-state index contributed by atoms with van der Waals surface area (Å²) in [4.78, 5) is 25.0. The van der Waals surface area contributed by atoms with Crippen molar-refractivity contribution in [1.82, 2.24) is 0 Å². The number of carbonyl (C=O) groups excluding carboxylic acids is 2. The van der Waals surface area contributed by atoms with Gasteiger partial charge in [-0.15, -0.1) is 0 Å². The van der Waals surface area contributed by atoms with E-state index < -0.39 is 17.6 Å². The monoisotopic (exact) mass is 599 g/mol. The van der Waals surface area contributed by atoms with Crippen molar-refractivity contribution < 1.29 is 19.4 Å². The Labute approximate surface area is 224 Å². The smallest absolute Gasteiger partial charge is 0.412 e. The van der Waals surface area contributed by atoms with Gasteiger partial charge in [0.1, 0.15) is 11.9 Å². The number of ether oxygens (including phenoxy) is 1. The number of halogens is 1. The van der Waals surface area contributed by atoms with E-state index in [0.717, 1.165) is 3.57 Å². The topological polar surface area (TPSA) is 114 Å². The molecule has 2 amide bonds. The predicted octanol–water partition coefficient (Wildman–Crippen LogP) is 6.87. The number of hydrogen-bond donors (Lipinski definition) is 4. The van der Waals surface area contributed by atoms with Gasteiger partial charge in [0, 0.05) is 20.2 Å². The summed E-state index contributed by atoms with van der Waals surface area (Å²) < 4.78 is 6.79. The number of aromatic hydroxyl groups is 1. The summed E-state index contributed by atoms with van der Waals surface area (Å²) in [6.07, 6.45) is 3.01. The molecule has 3 rings (SSSR count). The first-order valence-electron chi connectivity index (χ1n) is 11.5. The third-order valence-electron chi connectivity index (χ3n) is 5.67. The highest BCUT2D eigenvalue weighted by Gasteiger charge is 2.35. The van der Waals surface area contributed by atoms with Gasteiger partial charge in [0.25, 0.3) is 0 Å². The molecule has 0 saturated carbocycles. The molecule has 5 N–H and O–H groups in total. The van der Waals surface area contributed by atoms with Crippen LogP contribution in [0.5, 0.6) is 5.75 Å². The first-order chi connectivity index (χ1) is 17.2. The molecule has 3 aromatic carbocycles. The van der Waals surface area contributed by atoms with E-state index in [1.54, 1.807) is 54.6 Å². The molecule has 8 heteroatoms. The zero-order chi connectivity index (χ0) is 26.1. The Morgan fingerprint density at radius 2 is 1.75 bits per heavy atom. The number of nitrogen functional groups attached to an aromatic ring is 1. The Balaban J connectivity index is 1.71. The number of hydrogen-bond acceptors (Lipinski definition) is 5. The Kier molecular flexibility index (Phi) is 9.35. The molecule has 0 aromatic heterocycles. The normalized spacial score (nSPS) is 12.2. The molecule has 0 bridgehead atoms. The van der Waals surface area contributed by atoms with Crippen molar-refractivity contribution in [1.29, 1.82) is 0 Å². The van der Waals surface area contributed by atoms with Gasteiger partial charge in [0.2, 0.25) is 5.91 Å². The largest absolute Gasteiger partial charge is 0.508 e. The predicted molar refractivity (Wildman–Crippen MR) is 152 cm³/mol. The standard InChI is InChI=1S/C28H30IN3O4/c1-28(2,17-9-8-14-25(34)32-23-13-7-6-12-22(23)30)26(21-18-19(29)15-16-24(21)33)36-27(35)31-20-10-4-3-5-11-20/h3-8,10-16,18,26,33H,9,17,30H2,1-2H3,(H,31,35)(H,32,34)/b14-8+/t26-/m1/s1. The molecule has 0 fully saturated rings. The van der Waals surface area contributed by atoms with Gasteiger partial charge in [0.05, 0.1) is 11.4 Å². The van der Waals surface area contributed by atoms with E-state index in [-0.39, 0.29) is 11.7 Å². The molecule has 3 aromatic rings. The van der Waals surface area contributed by atoms with E-state index in [4.69, 9.17) is 10.5 Å². The molecule has 7 nitrogen and oxygen atoms in total. The second kappa shape index (κ2) is 12.4. The molecule has 0 aliphatic carbocycles. The molecule has 0 aliphatic heterocycles. The van der Waals surface area contributed by atoms with Crippen LogP contribution in [0.25, 0.3) is 0 Å². The lowest BCUT2D eigenvalue weighted by molar-refractivity contribution is -0.111. The van der Waals surface area contributed by atoms with Crippen LogP contribution < -0.4 is 16.4 Å². The van der Waals surface area contributed by atoms with E-state index in [2.05, 4.69) is 33.2 Å². The number of carbonyl (C=O) groups is 2. The summed E-state index contributed by atoms with van der Waals surface area (Å²) in [7, 11) is 0. The number of amides is 2. The van der Waals surface area contributed by atoms with E-state index in [0.29, 0.717) is 35.5 Å². The van der Waals surface area contributed by atoms with Crippen LogP contribution in [0.4, 0.5) is 21.9 Å². The summed E-state index contributed by atoms with van der Waals surface area (Å²) in [6, 6.07) is 21.3. The molecule has 1 atom stereocenters. The molecule has 0 unspecified atom stereocenters. The van der Waals surface area contributed by atoms with Gasteiger partial charge in [-0.25, -0.2) is 4.79 Å². The highest BCUT2D eigenvalue weighted by molar-refractivity contribution is 14.1. The molecule has 0 radical (unpaired) electrons. The number of rotatable bonds is 9. The minimum atomic E-state index is -0.734. The molecule has 188 valence electrons. The lowest BCUT2D eigenvalue weighted by Gasteiger charge is -2.34. The first-order valence-corrected chi connectivity index (χ1v) is 12.6. The van der Waals surface area contributed by atoms with E-state index in [1.807, 2.05) is 38.1 Å². The fourth-order valence-corrected chi connectivity index (χ4v) is 4.23. The molecule has 36 heavy (non-hydrogen) atoms. The lowest BCUT2D eigenvalue weighted by Crippen LogP contribution is -2.29. The zero-order valence-corrected chi connectivity index (χ0v) is 22.4. The van der Waals surface area contributed by atoms with Gasteiger partial charge < -0.3 is 20.9 Å². The fourth-order valence-electron chi connectivity index (χ4n) is 3.72. The van der Waals surface area contributed by atoms with Crippen molar-refractivity contribution in [2.24, 2.45) is 5.41 Å².